The minimum Gasteiger partial charge on any atom is -0.375 e. The molecule has 0 aliphatic carbocycles. The normalized spacial score (nSPS) is 10.1. The predicted molar refractivity (Wildman–Crippen MR) is 76.4 cm³/mol. The summed E-state index contributed by atoms with van der Waals surface area (Å²) >= 11 is 0. The van der Waals surface area contributed by atoms with Gasteiger partial charge in [0.15, 0.2) is 0 Å². The summed E-state index contributed by atoms with van der Waals surface area (Å²) in [7, 11) is 6.76. The number of carbonyl (C=O) groups excluding carboxylic acids is 2. The summed E-state index contributed by atoms with van der Waals surface area (Å²) in [5, 5.41) is 2.59. The highest BCUT2D eigenvalue weighted by Crippen LogP contribution is 2.18. The zero-order chi connectivity index (χ0) is 15.3. The summed E-state index contributed by atoms with van der Waals surface area (Å²) in [5.41, 5.74) is 0.662. The molecule has 0 aliphatic heterocycles. The summed E-state index contributed by atoms with van der Waals surface area (Å²) < 4.78 is 13.7. The van der Waals surface area contributed by atoms with Crippen molar-refractivity contribution in [3.8, 4) is 0 Å². The molecule has 0 aromatic heterocycles. The van der Waals surface area contributed by atoms with Crippen LogP contribution < -0.4 is 10.2 Å². The molecule has 0 unspecified atom stereocenters. The molecule has 0 radical (unpaired) electrons. The third-order valence-electron chi connectivity index (χ3n) is 2.81. The van der Waals surface area contributed by atoms with Crippen LogP contribution in [-0.2, 0) is 4.79 Å². The van der Waals surface area contributed by atoms with Crippen LogP contribution in [0.25, 0.3) is 0 Å². The average molecular weight is 281 g/mol. The van der Waals surface area contributed by atoms with E-state index in [2.05, 4.69) is 5.32 Å². The van der Waals surface area contributed by atoms with E-state index in [-0.39, 0.29) is 30.3 Å². The van der Waals surface area contributed by atoms with E-state index in [0.29, 0.717) is 5.69 Å². The molecule has 0 spiro atoms. The lowest BCUT2D eigenvalue weighted by Crippen LogP contribution is -2.30. The van der Waals surface area contributed by atoms with Crippen molar-refractivity contribution in [3.05, 3.63) is 29.6 Å². The largest absolute Gasteiger partial charge is 0.375 e. The molecule has 1 N–H and O–H groups in total. The number of carbonyl (C=O) groups is 2. The maximum absolute atomic E-state index is 13.7. The van der Waals surface area contributed by atoms with Crippen LogP contribution in [0.2, 0.25) is 0 Å². The van der Waals surface area contributed by atoms with E-state index in [9.17, 15) is 14.0 Å². The van der Waals surface area contributed by atoms with Crippen molar-refractivity contribution < 1.29 is 14.0 Å². The van der Waals surface area contributed by atoms with Crippen molar-refractivity contribution in [2.24, 2.45) is 0 Å². The van der Waals surface area contributed by atoms with Gasteiger partial charge in [-0.05, 0) is 18.2 Å². The standard InChI is InChI=1S/C14H20FN3O2/c1-17(2)12-6-5-10(9-11(12)15)14(20)16-8-7-13(19)18(3)4/h5-6,9H,7-8H2,1-4H3,(H,16,20). The first-order chi connectivity index (χ1) is 9.32. The fourth-order valence-corrected chi connectivity index (χ4v) is 1.62. The summed E-state index contributed by atoms with van der Waals surface area (Å²) in [4.78, 5) is 26.2. The monoisotopic (exact) mass is 281 g/mol. The van der Waals surface area contributed by atoms with E-state index in [1.165, 1.54) is 11.0 Å². The summed E-state index contributed by atoms with van der Waals surface area (Å²) in [6, 6.07) is 4.30. The topological polar surface area (TPSA) is 52.7 Å². The van der Waals surface area contributed by atoms with Gasteiger partial charge < -0.3 is 15.1 Å². The highest BCUT2D eigenvalue weighted by molar-refractivity contribution is 5.94. The lowest BCUT2D eigenvalue weighted by atomic mass is 10.1. The van der Waals surface area contributed by atoms with E-state index < -0.39 is 5.82 Å². The molecule has 2 amide bonds. The van der Waals surface area contributed by atoms with Gasteiger partial charge in [-0.3, -0.25) is 9.59 Å². The smallest absolute Gasteiger partial charge is 0.251 e. The second-order valence-corrected chi connectivity index (χ2v) is 4.85. The van der Waals surface area contributed by atoms with E-state index in [0.717, 1.165) is 0 Å². The van der Waals surface area contributed by atoms with Crippen molar-refractivity contribution in [2.75, 3.05) is 39.6 Å². The maximum atomic E-state index is 13.7. The first kappa shape index (κ1) is 15.9. The minimum absolute atomic E-state index is 0.0700. The Kier molecular flexibility index (Phi) is 5.49. The molecule has 20 heavy (non-hydrogen) atoms. The van der Waals surface area contributed by atoms with Crippen molar-refractivity contribution in [1.82, 2.24) is 10.2 Å². The summed E-state index contributed by atoms with van der Waals surface area (Å²) in [5.74, 6) is -0.910. The van der Waals surface area contributed by atoms with Gasteiger partial charge >= 0.3 is 0 Å². The van der Waals surface area contributed by atoms with Crippen LogP contribution in [0.3, 0.4) is 0 Å². The van der Waals surface area contributed by atoms with Gasteiger partial charge in [-0.2, -0.15) is 0 Å². The van der Waals surface area contributed by atoms with Crippen LogP contribution in [-0.4, -0.2) is 51.4 Å². The van der Waals surface area contributed by atoms with E-state index in [1.807, 2.05) is 0 Å². The fourth-order valence-electron chi connectivity index (χ4n) is 1.62. The first-order valence-electron chi connectivity index (χ1n) is 6.28. The molecule has 1 aromatic carbocycles. The van der Waals surface area contributed by atoms with Gasteiger partial charge in [-0.1, -0.05) is 0 Å². The Bertz CT molecular complexity index is 501. The number of hydrogen-bond donors (Lipinski definition) is 1. The van der Waals surface area contributed by atoms with Gasteiger partial charge in [0.2, 0.25) is 5.91 Å². The highest BCUT2D eigenvalue weighted by Gasteiger charge is 2.11. The Morgan fingerprint density at radius 3 is 2.35 bits per heavy atom. The Labute approximate surface area is 118 Å². The molecule has 0 atom stereocenters. The Hall–Kier alpha value is -2.11. The molecule has 6 heteroatoms. The lowest BCUT2D eigenvalue weighted by molar-refractivity contribution is -0.128. The molecular weight excluding hydrogens is 261 g/mol. The number of halogens is 1. The number of rotatable bonds is 5. The van der Waals surface area contributed by atoms with Crippen molar-refractivity contribution >= 4 is 17.5 Å². The second kappa shape index (κ2) is 6.88. The zero-order valence-electron chi connectivity index (χ0n) is 12.2. The molecule has 110 valence electrons. The number of hydrogen-bond acceptors (Lipinski definition) is 3. The van der Waals surface area contributed by atoms with Crippen LogP contribution in [0.5, 0.6) is 0 Å². The summed E-state index contributed by atoms with van der Waals surface area (Å²) in [6.45, 7) is 0.229. The van der Waals surface area contributed by atoms with Gasteiger partial charge in [0, 0.05) is 46.7 Å². The summed E-state index contributed by atoms with van der Waals surface area (Å²) in [6.07, 6.45) is 0.219. The fraction of sp³-hybridized carbons (Fsp3) is 0.429. The molecular formula is C14H20FN3O2. The van der Waals surface area contributed by atoms with Gasteiger partial charge in [-0.25, -0.2) is 4.39 Å². The number of amides is 2. The van der Waals surface area contributed by atoms with Gasteiger partial charge in [0.25, 0.3) is 5.91 Å². The molecule has 1 aromatic rings. The SMILES string of the molecule is CN(C)C(=O)CCNC(=O)c1ccc(N(C)C)c(F)c1. The number of nitrogens with one attached hydrogen (secondary N) is 1. The van der Waals surface area contributed by atoms with Crippen LogP contribution in [0.15, 0.2) is 18.2 Å². The van der Waals surface area contributed by atoms with E-state index in [4.69, 9.17) is 0 Å². The molecule has 5 nitrogen and oxygen atoms in total. The van der Waals surface area contributed by atoms with Crippen LogP contribution in [0.1, 0.15) is 16.8 Å². The van der Waals surface area contributed by atoms with Gasteiger partial charge in [-0.15, -0.1) is 0 Å². The molecule has 0 fully saturated rings. The van der Waals surface area contributed by atoms with Gasteiger partial charge in [0.1, 0.15) is 5.82 Å². The predicted octanol–water partition coefficient (Wildman–Crippen LogP) is 1.10. The molecule has 0 aliphatic rings. The molecule has 0 saturated heterocycles. The minimum atomic E-state index is -0.452. The Balaban J connectivity index is 2.60. The van der Waals surface area contributed by atoms with E-state index >= 15 is 0 Å². The number of benzene rings is 1. The highest BCUT2D eigenvalue weighted by atomic mass is 19.1. The quantitative estimate of drug-likeness (QED) is 0.879. The van der Waals surface area contributed by atoms with Crippen molar-refractivity contribution in [1.29, 1.82) is 0 Å². The Morgan fingerprint density at radius 1 is 1.20 bits per heavy atom. The van der Waals surface area contributed by atoms with Crippen LogP contribution in [0, 0.1) is 5.82 Å². The van der Waals surface area contributed by atoms with E-state index in [1.54, 1.807) is 45.2 Å². The van der Waals surface area contributed by atoms with Gasteiger partial charge in [0.05, 0.1) is 5.69 Å². The third kappa shape index (κ3) is 4.22. The second-order valence-electron chi connectivity index (χ2n) is 4.85. The molecule has 0 heterocycles. The lowest BCUT2D eigenvalue weighted by Gasteiger charge is -2.14. The average Bonchev–Trinajstić information content (AvgIpc) is 2.37. The molecule has 0 bridgehead atoms. The number of anilines is 1. The van der Waals surface area contributed by atoms with Crippen molar-refractivity contribution in [3.63, 3.8) is 0 Å². The zero-order valence-corrected chi connectivity index (χ0v) is 12.2. The maximum Gasteiger partial charge on any atom is 0.251 e. The molecule has 0 saturated carbocycles. The van der Waals surface area contributed by atoms with Crippen LogP contribution >= 0.6 is 0 Å². The molecule has 1 rings (SSSR count). The first-order valence-corrected chi connectivity index (χ1v) is 6.28. The number of nitrogens with zero attached hydrogens (tertiary/aromatic N) is 2. The third-order valence-corrected chi connectivity index (χ3v) is 2.81. The van der Waals surface area contributed by atoms with Crippen molar-refractivity contribution in [2.45, 2.75) is 6.42 Å². The Morgan fingerprint density at radius 2 is 1.85 bits per heavy atom. The van der Waals surface area contributed by atoms with Crippen LogP contribution in [0.4, 0.5) is 10.1 Å².